The molecular formula is C24H29ClO. The van der Waals surface area contributed by atoms with E-state index in [-0.39, 0.29) is 5.24 Å². The van der Waals surface area contributed by atoms with Crippen molar-refractivity contribution >= 4 is 16.8 Å². The fourth-order valence-electron chi connectivity index (χ4n) is 4.20. The molecule has 0 spiro atoms. The monoisotopic (exact) mass is 368 g/mol. The van der Waals surface area contributed by atoms with Crippen LogP contribution >= 0.6 is 11.6 Å². The molecule has 0 unspecified atom stereocenters. The molecular weight excluding hydrogens is 340 g/mol. The third-order valence-electron chi connectivity index (χ3n) is 5.86. The van der Waals surface area contributed by atoms with Crippen molar-refractivity contribution in [2.45, 2.75) is 64.2 Å². The summed E-state index contributed by atoms with van der Waals surface area (Å²) in [6, 6.07) is 17.1. The molecule has 1 saturated carbocycles. The molecule has 2 heteroatoms. The lowest BCUT2D eigenvalue weighted by Gasteiger charge is -2.29. The van der Waals surface area contributed by atoms with Crippen molar-refractivity contribution in [1.82, 2.24) is 0 Å². The van der Waals surface area contributed by atoms with E-state index in [0.717, 1.165) is 18.3 Å². The predicted octanol–water partition coefficient (Wildman–Crippen LogP) is 6.92. The SMILES string of the molecule is CCCc1ccc(C2CCC(CCc3ccc(C(=O)Cl)cc3)CC2)cc1. The van der Waals surface area contributed by atoms with Crippen LogP contribution in [0.5, 0.6) is 0 Å². The normalized spacial score (nSPS) is 20.1. The van der Waals surface area contributed by atoms with Gasteiger partial charge in [0, 0.05) is 5.56 Å². The van der Waals surface area contributed by atoms with Crippen LogP contribution in [0.2, 0.25) is 0 Å². The first-order valence-corrected chi connectivity index (χ1v) is 10.4. The molecule has 0 aromatic heterocycles. The minimum absolute atomic E-state index is 0.377. The Hall–Kier alpha value is -1.60. The van der Waals surface area contributed by atoms with Gasteiger partial charge in [0.25, 0.3) is 5.24 Å². The Labute approximate surface area is 162 Å². The minimum Gasteiger partial charge on any atom is -0.276 e. The zero-order valence-electron chi connectivity index (χ0n) is 15.7. The Morgan fingerprint density at radius 1 is 0.885 bits per heavy atom. The van der Waals surface area contributed by atoms with Crippen LogP contribution < -0.4 is 0 Å². The number of carbonyl (C=O) groups excluding carboxylic acids is 1. The second kappa shape index (κ2) is 9.37. The summed E-state index contributed by atoms with van der Waals surface area (Å²) < 4.78 is 0. The van der Waals surface area contributed by atoms with Crippen LogP contribution in [0.4, 0.5) is 0 Å². The Morgan fingerprint density at radius 3 is 2.04 bits per heavy atom. The molecule has 1 aliphatic carbocycles. The van der Waals surface area contributed by atoms with Gasteiger partial charge in [-0.3, -0.25) is 4.79 Å². The molecule has 1 aliphatic rings. The van der Waals surface area contributed by atoms with Gasteiger partial charge in [0.05, 0.1) is 0 Å². The van der Waals surface area contributed by atoms with E-state index in [4.69, 9.17) is 11.6 Å². The first-order chi connectivity index (χ1) is 12.7. The van der Waals surface area contributed by atoms with E-state index in [1.165, 1.54) is 61.6 Å². The molecule has 0 bridgehead atoms. The Kier molecular flexibility index (Phi) is 6.91. The Morgan fingerprint density at radius 2 is 1.46 bits per heavy atom. The van der Waals surface area contributed by atoms with E-state index < -0.39 is 0 Å². The molecule has 138 valence electrons. The van der Waals surface area contributed by atoms with E-state index in [9.17, 15) is 4.79 Å². The highest BCUT2D eigenvalue weighted by molar-refractivity contribution is 6.67. The van der Waals surface area contributed by atoms with E-state index in [1.807, 2.05) is 24.3 Å². The Bertz CT molecular complexity index is 694. The van der Waals surface area contributed by atoms with E-state index in [0.29, 0.717) is 5.56 Å². The fourth-order valence-corrected chi connectivity index (χ4v) is 4.33. The van der Waals surface area contributed by atoms with E-state index in [2.05, 4.69) is 31.2 Å². The molecule has 0 N–H and O–H groups in total. The van der Waals surface area contributed by atoms with Crippen LogP contribution in [0.15, 0.2) is 48.5 Å². The molecule has 0 saturated heterocycles. The first kappa shape index (κ1) is 19.2. The smallest absolute Gasteiger partial charge is 0.252 e. The van der Waals surface area contributed by atoms with E-state index >= 15 is 0 Å². The van der Waals surface area contributed by atoms with Crippen LogP contribution in [0.1, 0.15) is 78.4 Å². The highest BCUT2D eigenvalue weighted by Gasteiger charge is 2.22. The topological polar surface area (TPSA) is 17.1 Å². The second-order valence-electron chi connectivity index (χ2n) is 7.72. The number of rotatable bonds is 7. The summed E-state index contributed by atoms with van der Waals surface area (Å²) in [4.78, 5) is 11.1. The van der Waals surface area contributed by atoms with Crippen LogP contribution in [0.25, 0.3) is 0 Å². The maximum atomic E-state index is 11.1. The van der Waals surface area contributed by atoms with Gasteiger partial charge >= 0.3 is 0 Å². The number of halogens is 1. The molecule has 0 heterocycles. The number of hydrogen-bond acceptors (Lipinski definition) is 1. The molecule has 1 nitrogen and oxygen atoms in total. The van der Waals surface area contributed by atoms with Crippen molar-refractivity contribution in [3.8, 4) is 0 Å². The number of hydrogen-bond donors (Lipinski definition) is 0. The number of carbonyl (C=O) groups is 1. The molecule has 0 radical (unpaired) electrons. The van der Waals surface area contributed by atoms with Crippen LogP contribution in [-0.2, 0) is 12.8 Å². The number of benzene rings is 2. The lowest BCUT2D eigenvalue weighted by Crippen LogP contribution is -2.14. The standard InChI is InChI=1S/C24H29ClO/c1-2-3-18-6-12-21(13-7-18)22-14-8-19(9-15-22)4-5-20-10-16-23(17-11-20)24(25)26/h6-7,10-13,16-17,19,22H,2-5,8-9,14-15H2,1H3. The lowest BCUT2D eigenvalue weighted by molar-refractivity contribution is 0.108. The zero-order chi connectivity index (χ0) is 18.4. The average molecular weight is 369 g/mol. The van der Waals surface area contributed by atoms with Gasteiger partial charge in [-0.1, -0.05) is 49.7 Å². The molecule has 26 heavy (non-hydrogen) atoms. The van der Waals surface area contributed by atoms with Crippen LogP contribution in [0.3, 0.4) is 0 Å². The van der Waals surface area contributed by atoms with Crippen LogP contribution in [0, 0.1) is 5.92 Å². The quantitative estimate of drug-likeness (QED) is 0.484. The molecule has 0 aliphatic heterocycles. The van der Waals surface area contributed by atoms with Crippen LogP contribution in [-0.4, -0.2) is 5.24 Å². The number of aryl methyl sites for hydroxylation is 2. The maximum absolute atomic E-state index is 11.1. The van der Waals surface area contributed by atoms with Crippen molar-refractivity contribution in [1.29, 1.82) is 0 Å². The summed E-state index contributed by atoms with van der Waals surface area (Å²) in [5, 5.41) is -0.377. The Balaban J connectivity index is 1.45. The van der Waals surface area contributed by atoms with Crippen molar-refractivity contribution in [3.05, 3.63) is 70.8 Å². The van der Waals surface area contributed by atoms with Gasteiger partial charge in [-0.2, -0.15) is 0 Å². The summed E-state index contributed by atoms with van der Waals surface area (Å²) in [7, 11) is 0. The van der Waals surface area contributed by atoms with Crippen molar-refractivity contribution in [2.24, 2.45) is 5.92 Å². The van der Waals surface area contributed by atoms with Gasteiger partial charge < -0.3 is 0 Å². The summed E-state index contributed by atoms with van der Waals surface area (Å²) in [6.07, 6.45) is 10.0. The van der Waals surface area contributed by atoms with Gasteiger partial charge in [0.15, 0.2) is 0 Å². The van der Waals surface area contributed by atoms with Gasteiger partial charge in [-0.25, -0.2) is 0 Å². The second-order valence-corrected chi connectivity index (χ2v) is 8.06. The summed E-state index contributed by atoms with van der Waals surface area (Å²) in [6.45, 7) is 2.24. The predicted molar refractivity (Wildman–Crippen MR) is 110 cm³/mol. The zero-order valence-corrected chi connectivity index (χ0v) is 16.5. The van der Waals surface area contributed by atoms with Gasteiger partial charge in [-0.05, 0) is 97.2 Å². The van der Waals surface area contributed by atoms with Gasteiger partial charge in [0.1, 0.15) is 0 Å². The fraction of sp³-hybridized carbons (Fsp3) is 0.458. The van der Waals surface area contributed by atoms with Gasteiger partial charge in [0.2, 0.25) is 0 Å². The van der Waals surface area contributed by atoms with Crippen molar-refractivity contribution in [2.75, 3.05) is 0 Å². The highest BCUT2D eigenvalue weighted by Crippen LogP contribution is 2.37. The molecule has 1 fully saturated rings. The minimum atomic E-state index is -0.377. The molecule has 3 rings (SSSR count). The maximum Gasteiger partial charge on any atom is 0.252 e. The average Bonchev–Trinajstić information content (AvgIpc) is 2.68. The largest absolute Gasteiger partial charge is 0.276 e. The summed E-state index contributed by atoms with van der Waals surface area (Å²) in [5.74, 6) is 1.58. The summed E-state index contributed by atoms with van der Waals surface area (Å²) in [5.41, 5.74) is 4.89. The van der Waals surface area contributed by atoms with E-state index in [1.54, 1.807) is 0 Å². The third-order valence-corrected chi connectivity index (χ3v) is 6.08. The highest BCUT2D eigenvalue weighted by atomic mass is 35.5. The van der Waals surface area contributed by atoms with Crippen molar-refractivity contribution in [3.63, 3.8) is 0 Å². The summed E-state index contributed by atoms with van der Waals surface area (Å²) >= 11 is 5.50. The molecule has 2 aromatic carbocycles. The molecule has 0 atom stereocenters. The molecule has 0 amide bonds. The third kappa shape index (κ3) is 5.20. The molecule has 2 aromatic rings. The van der Waals surface area contributed by atoms with Crippen molar-refractivity contribution < 1.29 is 4.79 Å². The van der Waals surface area contributed by atoms with Gasteiger partial charge in [-0.15, -0.1) is 0 Å². The first-order valence-electron chi connectivity index (χ1n) is 10.0. The lowest BCUT2D eigenvalue weighted by atomic mass is 9.77.